The highest BCUT2D eigenvalue weighted by atomic mass is 79.9. The molecule has 0 saturated heterocycles. The van der Waals surface area contributed by atoms with Crippen molar-refractivity contribution in [2.24, 2.45) is 0 Å². The number of hydrogen-bond acceptors (Lipinski definition) is 3. The molecule has 0 amide bonds. The molecule has 0 atom stereocenters. The molecule has 2 aromatic rings. The zero-order valence-corrected chi connectivity index (χ0v) is 12.1. The third-order valence-electron chi connectivity index (χ3n) is 2.30. The molecule has 0 fully saturated rings. The Bertz CT molecular complexity index is 569. The summed E-state index contributed by atoms with van der Waals surface area (Å²) in [4.78, 5) is 12.5. The minimum absolute atomic E-state index is 0.454. The predicted octanol–water partition coefficient (Wildman–Crippen LogP) is 4.44. The molecule has 4 heteroatoms. The Kier molecular flexibility index (Phi) is 4.44. The Hall–Kier alpha value is -1.26. The molecular formula is C14H11BrO2S. The van der Waals surface area contributed by atoms with E-state index in [9.17, 15) is 4.79 Å². The van der Waals surface area contributed by atoms with Gasteiger partial charge < -0.3 is 4.74 Å². The van der Waals surface area contributed by atoms with Crippen LogP contribution in [-0.2, 0) is 4.79 Å². The lowest BCUT2D eigenvalue weighted by Gasteiger charge is -2.08. The Morgan fingerprint density at radius 2 is 2.06 bits per heavy atom. The maximum Gasteiger partial charge on any atom is 0.298 e. The summed E-state index contributed by atoms with van der Waals surface area (Å²) in [6, 6.07) is 13.7. The number of hydrogen-bond donors (Lipinski definition) is 0. The van der Waals surface area contributed by atoms with Crippen molar-refractivity contribution in [3.05, 3.63) is 52.5 Å². The van der Waals surface area contributed by atoms with Gasteiger partial charge in [0.05, 0.1) is 4.90 Å². The molecule has 0 spiro atoms. The number of ether oxygens (including phenoxy) is 1. The van der Waals surface area contributed by atoms with Gasteiger partial charge in [0.1, 0.15) is 5.75 Å². The van der Waals surface area contributed by atoms with Crippen LogP contribution in [0, 0.1) is 6.92 Å². The summed E-state index contributed by atoms with van der Waals surface area (Å²) in [5.41, 5.74) is 1.13. The number of carbonyl (C=O) groups excluding carboxylic acids is 1. The lowest BCUT2D eigenvalue weighted by Crippen LogP contribution is -1.91. The molecule has 0 aliphatic rings. The summed E-state index contributed by atoms with van der Waals surface area (Å²) in [7, 11) is 0. The Balaban J connectivity index is 2.32. The maximum absolute atomic E-state index is 10.5. The third kappa shape index (κ3) is 3.37. The first kappa shape index (κ1) is 13.2. The molecule has 18 heavy (non-hydrogen) atoms. The van der Waals surface area contributed by atoms with Crippen LogP contribution in [0.1, 0.15) is 5.56 Å². The molecule has 92 valence electrons. The summed E-state index contributed by atoms with van der Waals surface area (Å²) < 4.78 is 6.01. The van der Waals surface area contributed by atoms with Gasteiger partial charge >= 0.3 is 0 Å². The van der Waals surface area contributed by atoms with Crippen LogP contribution in [0.4, 0.5) is 0 Å². The zero-order chi connectivity index (χ0) is 13.0. The highest BCUT2D eigenvalue weighted by Gasteiger charge is 2.06. The SMILES string of the molecule is Cc1ccc(OC=O)c(Sc2cccc(Br)c2)c1. The summed E-state index contributed by atoms with van der Waals surface area (Å²) >= 11 is 5.01. The van der Waals surface area contributed by atoms with Gasteiger partial charge in [0.2, 0.25) is 0 Å². The van der Waals surface area contributed by atoms with E-state index in [0.29, 0.717) is 12.2 Å². The Morgan fingerprint density at radius 3 is 2.78 bits per heavy atom. The summed E-state index contributed by atoms with van der Waals surface area (Å²) in [5.74, 6) is 0.584. The van der Waals surface area contributed by atoms with E-state index in [0.717, 1.165) is 19.8 Å². The summed E-state index contributed by atoms with van der Waals surface area (Å²) in [6.07, 6.45) is 0. The van der Waals surface area contributed by atoms with Gasteiger partial charge in [-0.3, -0.25) is 4.79 Å². The number of rotatable bonds is 4. The van der Waals surface area contributed by atoms with Crippen LogP contribution in [0.5, 0.6) is 5.75 Å². The van der Waals surface area contributed by atoms with E-state index in [1.54, 1.807) is 11.8 Å². The monoisotopic (exact) mass is 322 g/mol. The van der Waals surface area contributed by atoms with Crippen molar-refractivity contribution in [2.45, 2.75) is 16.7 Å². The Morgan fingerprint density at radius 1 is 1.22 bits per heavy atom. The van der Waals surface area contributed by atoms with Crippen LogP contribution >= 0.6 is 27.7 Å². The molecule has 0 aromatic heterocycles. The van der Waals surface area contributed by atoms with Crippen molar-refractivity contribution in [3.63, 3.8) is 0 Å². The van der Waals surface area contributed by atoms with E-state index in [-0.39, 0.29) is 0 Å². The quantitative estimate of drug-likeness (QED) is 0.778. The van der Waals surface area contributed by atoms with E-state index in [1.807, 2.05) is 49.4 Å². The highest BCUT2D eigenvalue weighted by molar-refractivity contribution is 9.10. The van der Waals surface area contributed by atoms with Crippen molar-refractivity contribution in [1.29, 1.82) is 0 Å². The molecule has 0 bridgehead atoms. The fraction of sp³-hybridized carbons (Fsp3) is 0.0714. The molecule has 0 heterocycles. The first-order chi connectivity index (χ1) is 8.69. The van der Waals surface area contributed by atoms with Crippen molar-refractivity contribution in [1.82, 2.24) is 0 Å². The lowest BCUT2D eigenvalue weighted by molar-refractivity contribution is -0.120. The molecule has 0 aliphatic carbocycles. The van der Waals surface area contributed by atoms with Crippen LogP contribution < -0.4 is 4.74 Å². The molecule has 0 radical (unpaired) electrons. The minimum Gasteiger partial charge on any atom is -0.428 e. The second-order valence-electron chi connectivity index (χ2n) is 3.72. The van der Waals surface area contributed by atoms with Crippen LogP contribution in [-0.4, -0.2) is 6.47 Å². The van der Waals surface area contributed by atoms with Crippen molar-refractivity contribution < 1.29 is 9.53 Å². The van der Waals surface area contributed by atoms with Crippen molar-refractivity contribution in [2.75, 3.05) is 0 Å². The molecular weight excluding hydrogens is 312 g/mol. The smallest absolute Gasteiger partial charge is 0.298 e. The third-order valence-corrected chi connectivity index (χ3v) is 3.82. The average molecular weight is 323 g/mol. The maximum atomic E-state index is 10.5. The summed E-state index contributed by atoms with van der Waals surface area (Å²) in [5, 5.41) is 0. The fourth-order valence-corrected chi connectivity index (χ4v) is 3.10. The molecule has 2 aromatic carbocycles. The van der Waals surface area contributed by atoms with Gasteiger partial charge in [-0.25, -0.2) is 0 Å². The average Bonchev–Trinajstić information content (AvgIpc) is 2.33. The normalized spacial score (nSPS) is 10.1. The van der Waals surface area contributed by atoms with E-state index in [4.69, 9.17) is 4.74 Å². The first-order valence-corrected chi connectivity index (χ1v) is 6.94. The van der Waals surface area contributed by atoms with Gasteiger partial charge in [0.25, 0.3) is 6.47 Å². The fourth-order valence-electron chi connectivity index (χ4n) is 1.50. The summed E-state index contributed by atoms with van der Waals surface area (Å²) in [6.45, 7) is 2.46. The largest absolute Gasteiger partial charge is 0.428 e. The van der Waals surface area contributed by atoms with Gasteiger partial charge in [-0.1, -0.05) is 39.8 Å². The van der Waals surface area contributed by atoms with Crippen molar-refractivity contribution >= 4 is 34.2 Å². The van der Waals surface area contributed by atoms with Crippen LogP contribution in [0.2, 0.25) is 0 Å². The molecule has 0 N–H and O–H groups in total. The second-order valence-corrected chi connectivity index (χ2v) is 5.75. The van der Waals surface area contributed by atoms with E-state index in [2.05, 4.69) is 15.9 Å². The highest BCUT2D eigenvalue weighted by Crippen LogP contribution is 2.36. The predicted molar refractivity (Wildman–Crippen MR) is 76.1 cm³/mol. The van der Waals surface area contributed by atoms with Crippen LogP contribution in [0.3, 0.4) is 0 Å². The topological polar surface area (TPSA) is 26.3 Å². The first-order valence-electron chi connectivity index (χ1n) is 5.33. The van der Waals surface area contributed by atoms with Gasteiger partial charge in [-0.05, 0) is 42.8 Å². The van der Waals surface area contributed by atoms with E-state index >= 15 is 0 Å². The molecule has 0 unspecified atom stereocenters. The molecule has 0 saturated carbocycles. The molecule has 2 nitrogen and oxygen atoms in total. The van der Waals surface area contributed by atoms with Crippen molar-refractivity contribution in [3.8, 4) is 5.75 Å². The van der Waals surface area contributed by atoms with Gasteiger partial charge in [0.15, 0.2) is 0 Å². The number of halogens is 1. The van der Waals surface area contributed by atoms with Gasteiger partial charge in [-0.2, -0.15) is 0 Å². The number of aryl methyl sites for hydroxylation is 1. The van der Waals surface area contributed by atoms with Gasteiger partial charge in [-0.15, -0.1) is 0 Å². The van der Waals surface area contributed by atoms with Gasteiger partial charge in [0, 0.05) is 9.37 Å². The van der Waals surface area contributed by atoms with E-state index in [1.165, 1.54) is 0 Å². The molecule has 2 rings (SSSR count). The lowest BCUT2D eigenvalue weighted by atomic mass is 10.2. The van der Waals surface area contributed by atoms with Crippen LogP contribution in [0.15, 0.2) is 56.7 Å². The molecule has 0 aliphatic heterocycles. The van der Waals surface area contributed by atoms with Crippen LogP contribution in [0.25, 0.3) is 0 Å². The van der Waals surface area contributed by atoms with E-state index < -0.39 is 0 Å². The minimum atomic E-state index is 0.454. The standard InChI is InChI=1S/C14H11BrO2S/c1-10-5-6-13(17-9-16)14(7-10)18-12-4-2-3-11(15)8-12/h2-9H,1H3. The zero-order valence-electron chi connectivity index (χ0n) is 9.72. The second kappa shape index (κ2) is 6.07. The Labute approximate surface area is 118 Å². The number of benzene rings is 2. The number of carbonyl (C=O) groups is 1.